The fraction of sp³-hybridized carbons (Fsp3) is 0.857. The molecule has 0 radical (unpaired) electrons. The Bertz CT molecular complexity index is 156. The summed E-state index contributed by atoms with van der Waals surface area (Å²) in [5.74, 6) is 0.0633. The first-order chi connectivity index (χ1) is 8.87. The molecular weight excluding hydrogens is 307 g/mol. The van der Waals surface area contributed by atoms with Crippen molar-refractivity contribution in [3.05, 3.63) is 0 Å². The zero-order valence-corrected chi connectivity index (χ0v) is 15.2. The maximum Gasteiger partial charge on any atom is 0.236 e. The number of Topliss-reactive ketones (excluding diaryl/α,β-unsaturated/α-hetero) is 1. The first-order valence-corrected chi connectivity index (χ1v) is 8.11. The monoisotopic (exact) mass is 334 g/mol. The van der Waals surface area contributed by atoms with Crippen LogP contribution >= 0.6 is 34.8 Å². The van der Waals surface area contributed by atoms with E-state index in [4.69, 9.17) is 34.8 Å². The fourth-order valence-corrected chi connectivity index (χ4v) is 0.354. The second-order valence-corrected chi connectivity index (χ2v) is 4.63. The molecule has 0 aromatic heterocycles. The fourth-order valence-electron chi connectivity index (χ4n) is 0.354. The van der Waals surface area contributed by atoms with Crippen molar-refractivity contribution in [2.45, 2.75) is 66.7 Å². The normalized spacial score (nSPS) is 7.79. The van der Waals surface area contributed by atoms with Crippen LogP contribution in [0.5, 0.6) is 0 Å². The molecule has 0 heterocycles. The molecule has 0 N–H and O–H groups in total. The number of hydrogen-bond acceptors (Lipinski definition) is 2. The minimum absolute atomic E-state index is 0.0201. The minimum Gasteiger partial charge on any atom is -0.299 e. The number of halogens is 3. The van der Waals surface area contributed by atoms with E-state index in [-0.39, 0.29) is 17.5 Å². The van der Waals surface area contributed by atoms with E-state index in [1.54, 1.807) is 0 Å². The number of carbonyl (C=O) groups is 2. The molecule has 0 rings (SSSR count). The van der Waals surface area contributed by atoms with Crippen LogP contribution < -0.4 is 0 Å². The average Bonchev–Trinajstić information content (AvgIpc) is 2.41. The van der Waals surface area contributed by atoms with Crippen LogP contribution in [0, 0.1) is 0 Å². The second-order valence-electron chi connectivity index (χ2n) is 3.68. The van der Waals surface area contributed by atoms with Gasteiger partial charge in [0, 0.05) is 0 Å². The lowest BCUT2D eigenvalue weighted by Gasteiger charge is -1.79. The number of alkyl halides is 2. The van der Waals surface area contributed by atoms with E-state index in [1.165, 1.54) is 39.0 Å². The van der Waals surface area contributed by atoms with Gasteiger partial charge >= 0.3 is 0 Å². The van der Waals surface area contributed by atoms with Crippen LogP contribution in [0.25, 0.3) is 0 Å². The van der Waals surface area contributed by atoms with Crippen molar-refractivity contribution < 1.29 is 9.59 Å². The van der Waals surface area contributed by atoms with Crippen LogP contribution in [0.4, 0.5) is 0 Å². The number of rotatable bonds is 5. The number of unbranched alkanes of at least 4 members (excludes halogenated alkanes) is 3. The summed E-state index contributed by atoms with van der Waals surface area (Å²) >= 11 is 14.5. The Kier molecular flexibility index (Phi) is 44.8. The molecule has 0 aliphatic heterocycles. The third kappa shape index (κ3) is 92.0. The summed E-state index contributed by atoms with van der Waals surface area (Å²) in [7, 11) is 0. The molecule has 0 saturated heterocycles. The summed E-state index contributed by atoms with van der Waals surface area (Å²) in [6, 6.07) is 0. The minimum atomic E-state index is -0.508. The highest BCUT2D eigenvalue weighted by atomic mass is 35.5. The second kappa shape index (κ2) is 30.9. The molecule has 0 saturated carbocycles. The van der Waals surface area contributed by atoms with Crippen molar-refractivity contribution in [1.29, 1.82) is 0 Å². The lowest BCUT2D eigenvalue weighted by molar-refractivity contribution is -0.114. The van der Waals surface area contributed by atoms with Crippen molar-refractivity contribution in [1.82, 2.24) is 0 Å². The summed E-state index contributed by atoms with van der Waals surface area (Å²) in [5.41, 5.74) is 0. The SMILES string of the molecule is CC(=O)CCl.CCCC.CCCCC.O=C(Cl)CCl. The molecule has 0 amide bonds. The largest absolute Gasteiger partial charge is 0.299 e. The van der Waals surface area contributed by atoms with Crippen LogP contribution in [-0.4, -0.2) is 22.8 Å². The topological polar surface area (TPSA) is 34.1 Å². The highest BCUT2D eigenvalue weighted by Gasteiger charge is 1.83. The molecule has 0 fully saturated rings. The highest BCUT2D eigenvalue weighted by molar-refractivity contribution is 6.67. The van der Waals surface area contributed by atoms with Gasteiger partial charge in [0.2, 0.25) is 5.24 Å². The van der Waals surface area contributed by atoms with Gasteiger partial charge in [0.05, 0.1) is 11.8 Å². The average molecular weight is 336 g/mol. The molecule has 19 heavy (non-hydrogen) atoms. The zero-order valence-electron chi connectivity index (χ0n) is 12.9. The molecule has 118 valence electrons. The van der Waals surface area contributed by atoms with Crippen molar-refractivity contribution >= 4 is 45.8 Å². The quantitative estimate of drug-likeness (QED) is 0.469. The predicted octanol–water partition coefficient (Wildman–Crippen LogP) is 5.81. The zero-order chi connectivity index (χ0) is 16.1. The van der Waals surface area contributed by atoms with Gasteiger partial charge in [-0.15, -0.1) is 23.2 Å². The van der Waals surface area contributed by atoms with Crippen molar-refractivity contribution in [3.63, 3.8) is 0 Å². The first-order valence-electron chi connectivity index (χ1n) is 6.67. The molecule has 2 nitrogen and oxygen atoms in total. The van der Waals surface area contributed by atoms with Crippen LogP contribution in [0.3, 0.4) is 0 Å². The molecule has 0 unspecified atom stereocenters. The van der Waals surface area contributed by atoms with Crippen LogP contribution in [0.2, 0.25) is 0 Å². The highest BCUT2D eigenvalue weighted by Crippen LogP contribution is 1.88. The van der Waals surface area contributed by atoms with E-state index in [2.05, 4.69) is 27.7 Å². The lowest BCUT2D eigenvalue weighted by atomic mass is 10.3. The van der Waals surface area contributed by atoms with E-state index in [1.807, 2.05) is 0 Å². The van der Waals surface area contributed by atoms with E-state index in [0.717, 1.165) is 0 Å². The Morgan fingerprint density at radius 3 is 1.05 bits per heavy atom. The van der Waals surface area contributed by atoms with Gasteiger partial charge in [-0.05, 0) is 18.5 Å². The Morgan fingerprint density at radius 1 is 0.789 bits per heavy atom. The maximum atomic E-state index is 9.68. The van der Waals surface area contributed by atoms with E-state index < -0.39 is 5.24 Å². The van der Waals surface area contributed by atoms with E-state index in [9.17, 15) is 9.59 Å². The summed E-state index contributed by atoms with van der Waals surface area (Å²) in [5, 5.41) is -0.508. The molecule has 0 atom stereocenters. The number of ketones is 1. The summed E-state index contributed by atoms with van der Waals surface area (Å²) in [4.78, 5) is 19.1. The third-order valence-corrected chi connectivity index (χ3v) is 2.39. The van der Waals surface area contributed by atoms with Gasteiger partial charge in [-0.25, -0.2) is 0 Å². The predicted molar refractivity (Wildman–Crippen MR) is 88.8 cm³/mol. The van der Waals surface area contributed by atoms with Gasteiger partial charge in [-0.3, -0.25) is 9.59 Å². The van der Waals surface area contributed by atoms with E-state index in [0.29, 0.717) is 0 Å². The standard InChI is InChI=1S/C5H12.C4H10.C3H5ClO.C2H2Cl2O/c1-3-5-4-2;1-3-4-2;1-3(5)2-4;3-1-2(4)5/h3-5H2,1-2H3;3-4H2,1-2H3;2H2,1H3;1H2. The Hall–Kier alpha value is 0.210. The van der Waals surface area contributed by atoms with Crippen LogP contribution in [0.15, 0.2) is 0 Å². The molecule has 0 aromatic rings. The maximum absolute atomic E-state index is 9.68. The van der Waals surface area contributed by atoms with Gasteiger partial charge < -0.3 is 0 Å². The molecule has 0 bridgehead atoms. The molecule has 0 aliphatic rings. The van der Waals surface area contributed by atoms with Crippen LogP contribution in [-0.2, 0) is 9.59 Å². The van der Waals surface area contributed by atoms with Gasteiger partial charge in [0.15, 0.2) is 0 Å². The van der Waals surface area contributed by atoms with Gasteiger partial charge in [-0.2, -0.15) is 0 Å². The Labute approximate surface area is 134 Å². The summed E-state index contributed by atoms with van der Waals surface area (Å²) in [6.07, 6.45) is 6.72. The first kappa shape index (κ1) is 27.5. The molecule has 0 spiro atoms. The molecule has 5 heteroatoms. The third-order valence-electron chi connectivity index (χ3n) is 1.50. The number of carbonyl (C=O) groups excluding carboxylic acids is 2. The molecular formula is C14H29Cl3O2. The molecule has 0 aromatic carbocycles. The van der Waals surface area contributed by atoms with Crippen molar-refractivity contribution in [3.8, 4) is 0 Å². The van der Waals surface area contributed by atoms with Gasteiger partial charge in [0.1, 0.15) is 5.78 Å². The molecule has 0 aliphatic carbocycles. The van der Waals surface area contributed by atoms with Gasteiger partial charge in [0.25, 0.3) is 0 Å². The van der Waals surface area contributed by atoms with Crippen molar-refractivity contribution in [2.24, 2.45) is 0 Å². The van der Waals surface area contributed by atoms with Crippen molar-refractivity contribution in [2.75, 3.05) is 11.8 Å². The Morgan fingerprint density at radius 2 is 1.05 bits per heavy atom. The smallest absolute Gasteiger partial charge is 0.236 e. The van der Waals surface area contributed by atoms with Crippen LogP contribution in [0.1, 0.15) is 66.7 Å². The summed E-state index contributed by atoms with van der Waals surface area (Å²) < 4.78 is 0. The number of hydrogen-bond donors (Lipinski definition) is 0. The summed E-state index contributed by atoms with van der Waals surface area (Å²) in [6.45, 7) is 10.2. The lowest BCUT2D eigenvalue weighted by Crippen LogP contribution is -1.86. The van der Waals surface area contributed by atoms with Gasteiger partial charge in [-0.1, -0.05) is 59.8 Å². The van der Waals surface area contributed by atoms with E-state index >= 15 is 0 Å². The Balaban J connectivity index is -0.0000000793.